The predicted molar refractivity (Wildman–Crippen MR) is 83.2 cm³/mol. The van der Waals surface area contributed by atoms with Crippen LogP contribution in [0.5, 0.6) is 0 Å². The summed E-state index contributed by atoms with van der Waals surface area (Å²) in [6, 6.07) is 4.77. The van der Waals surface area contributed by atoms with Gasteiger partial charge in [0.05, 0.1) is 0 Å². The Balaban J connectivity index is 2.23. The maximum Gasteiger partial charge on any atom is 0.137 e. The fraction of sp³-hybridized carbons (Fsp3) is 0.400. The summed E-state index contributed by atoms with van der Waals surface area (Å²) in [4.78, 5) is 7.84. The van der Waals surface area contributed by atoms with Crippen LogP contribution in [0.2, 0.25) is 0 Å². The maximum absolute atomic E-state index is 4.47. The molecule has 0 unspecified atom stereocenters. The fourth-order valence-electron chi connectivity index (χ4n) is 1.99. The maximum atomic E-state index is 4.47. The summed E-state index contributed by atoms with van der Waals surface area (Å²) >= 11 is 3.59. The molecule has 0 aliphatic rings. The molecule has 0 aliphatic carbocycles. The Labute approximate surface area is 123 Å². The third-order valence-corrected chi connectivity index (χ3v) is 4.29. The summed E-state index contributed by atoms with van der Waals surface area (Å²) in [6.07, 6.45) is 1.90. The van der Waals surface area contributed by atoms with Crippen molar-refractivity contribution in [2.75, 3.05) is 0 Å². The van der Waals surface area contributed by atoms with Crippen molar-refractivity contribution in [3.63, 3.8) is 0 Å². The van der Waals surface area contributed by atoms with Crippen LogP contribution in [-0.4, -0.2) is 16.0 Å². The first-order valence-electron chi connectivity index (χ1n) is 6.51. The van der Waals surface area contributed by atoms with Gasteiger partial charge < -0.3 is 10.3 Å². The second kappa shape index (κ2) is 5.88. The molecule has 0 fully saturated rings. The van der Waals surface area contributed by atoms with Crippen LogP contribution in [0.15, 0.2) is 22.8 Å². The molecule has 1 aromatic carbocycles. The minimum absolute atomic E-state index is 0.476. The number of aromatic amines is 1. The van der Waals surface area contributed by atoms with Crippen molar-refractivity contribution in [3.05, 3.63) is 39.6 Å². The van der Waals surface area contributed by atoms with E-state index in [-0.39, 0.29) is 0 Å². The molecular weight excluding hydrogens is 302 g/mol. The summed E-state index contributed by atoms with van der Waals surface area (Å²) in [6.45, 7) is 9.30. The third-order valence-electron chi connectivity index (χ3n) is 3.04. The number of aryl methyl sites for hydroxylation is 2. The zero-order chi connectivity index (χ0) is 14.0. The number of benzene rings is 1. The van der Waals surface area contributed by atoms with E-state index in [1.165, 1.54) is 15.6 Å². The smallest absolute Gasteiger partial charge is 0.137 e. The van der Waals surface area contributed by atoms with Crippen molar-refractivity contribution in [1.82, 2.24) is 15.3 Å². The van der Waals surface area contributed by atoms with Gasteiger partial charge >= 0.3 is 0 Å². The van der Waals surface area contributed by atoms with Gasteiger partial charge in [0.15, 0.2) is 0 Å². The van der Waals surface area contributed by atoms with Crippen LogP contribution < -0.4 is 5.32 Å². The minimum Gasteiger partial charge on any atom is -0.341 e. The van der Waals surface area contributed by atoms with E-state index in [2.05, 4.69) is 71.0 Å². The number of H-pyrrole nitrogens is 1. The van der Waals surface area contributed by atoms with E-state index in [0.29, 0.717) is 6.04 Å². The summed E-state index contributed by atoms with van der Waals surface area (Å²) in [5.74, 6) is 0.930. The van der Waals surface area contributed by atoms with Gasteiger partial charge in [-0.15, -0.1) is 0 Å². The lowest BCUT2D eigenvalue weighted by Crippen LogP contribution is -2.21. The molecule has 4 heteroatoms. The van der Waals surface area contributed by atoms with E-state index < -0.39 is 0 Å². The van der Waals surface area contributed by atoms with Gasteiger partial charge in [0, 0.05) is 34.5 Å². The third kappa shape index (κ3) is 3.45. The van der Waals surface area contributed by atoms with Gasteiger partial charge in [-0.2, -0.15) is 0 Å². The monoisotopic (exact) mass is 321 g/mol. The van der Waals surface area contributed by atoms with Crippen molar-refractivity contribution in [2.24, 2.45) is 0 Å². The predicted octanol–water partition coefficient (Wildman–Crippen LogP) is 3.95. The van der Waals surface area contributed by atoms with Gasteiger partial charge in [-0.05, 0) is 37.1 Å². The van der Waals surface area contributed by atoms with Crippen molar-refractivity contribution >= 4 is 15.9 Å². The molecule has 0 radical (unpaired) electrons. The van der Waals surface area contributed by atoms with E-state index in [4.69, 9.17) is 0 Å². The van der Waals surface area contributed by atoms with Crippen LogP contribution in [-0.2, 0) is 6.54 Å². The van der Waals surface area contributed by atoms with Gasteiger partial charge in [0.25, 0.3) is 0 Å². The van der Waals surface area contributed by atoms with E-state index in [0.717, 1.165) is 23.6 Å². The zero-order valence-corrected chi connectivity index (χ0v) is 13.4. The lowest BCUT2D eigenvalue weighted by Gasteiger charge is -2.07. The molecule has 2 rings (SSSR count). The summed E-state index contributed by atoms with van der Waals surface area (Å²) in [5.41, 5.74) is 4.71. The Morgan fingerprint density at radius 3 is 2.47 bits per heavy atom. The average molecular weight is 322 g/mol. The number of hydrogen-bond acceptors (Lipinski definition) is 2. The van der Waals surface area contributed by atoms with Crippen LogP contribution in [0.1, 0.15) is 30.7 Å². The van der Waals surface area contributed by atoms with Crippen LogP contribution in [0.25, 0.3) is 11.4 Å². The Morgan fingerprint density at radius 1 is 1.26 bits per heavy atom. The van der Waals surface area contributed by atoms with Crippen molar-refractivity contribution in [1.29, 1.82) is 0 Å². The lowest BCUT2D eigenvalue weighted by molar-refractivity contribution is 0.583. The molecule has 0 spiro atoms. The number of imidazole rings is 1. The Hall–Kier alpha value is -1.13. The highest BCUT2D eigenvalue weighted by atomic mass is 79.9. The summed E-state index contributed by atoms with van der Waals surface area (Å²) < 4.78 is 1.17. The van der Waals surface area contributed by atoms with E-state index in [1.807, 2.05) is 6.20 Å². The molecule has 0 saturated heterocycles. The van der Waals surface area contributed by atoms with E-state index >= 15 is 0 Å². The molecule has 0 aliphatic heterocycles. The van der Waals surface area contributed by atoms with Crippen LogP contribution >= 0.6 is 15.9 Å². The minimum atomic E-state index is 0.476. The van der Waals surface area contributed by atoms with E-state index in [9.17, 15) is 0 Å². The van der Waals surface area contributed by atoms with Crippen LogP contribution in [0, 0.1) is 13.8 Å². The largest absolute Gasteiger partial charge is 0.341 e. The SMILES string of the molecule is Cc1cc(-c2ncc(CNC(C)C)[nH]2)cc(C)c1Br. The quantitative estimate of drug-likeness (QED) is 0.895. The highest BCUT2D eigenvalue weighted by Crippen LogP contribution is 2.27. The molecular formula is C15H20BrN3. The van der Waals surface area contributed by atoms with Gasteiger partial charge in [-0.3, -0.25) is 0 Å². The van der Waals surface area contributed by atoms with Crippen molar-refractivity contribution in [3.8, 4) is 11.4 Å². The average Bonchev–Trinajstić information content (AvgIpc) is 2.81. The highest BCUT2D eigenvalue weighted by molar-refractivity contribution is 9.10. The molecule has 102 valence electrons. The second-order valence-corrected chi connectivity index (χ2v) is 6.01. The number of hydrogen-bond donors (Lipinski definition) is 2. The molecule has 2 N–H and O–H groups in total. The number of halogens is 1. The Kier molecular flexibility index (Phi) is 4.42. The molecule has 2 aromatic rings. The fourth-order valence-corrected chi connectivity index (χ4v) is 2.22. The Morgan fingerprint density at radius 2 is 1.89 bits per heavy atom. The Bertz CT molecular complexity index is 550. The number of aromatic nitrogens is 2. The van der Waals surface area contributed by atoms with Gasteiger partial charge in [-0.1, -0.05) is 29.8 Å². The first-order valence-corrected chi connectivity index (χ1v) is 7.31. The number of nitrogens with zero attached hydrogens (tertiary/aromatic N) is 1. The van der Waals surface area contributed by atoms with Crippen molar-refractivity contribution < 1.29 is 0 Å². The highest BCUT2D eigenvalue weighted by Gasteiger charge is 2.08. The lowest BCUT2D eigenvalue weighted by atomic mass is 10.1. The van der Waals surface area contributed by atoms with E-state index in [1.54, 1.807) is 0 Å². The molecule has 1 heterocycles. The van der Waals surface area contributed by atoms with Crippen LogP contribution in [0.4, 0.5) is 0 Å². The van der Waals surface area contributed by atoms with Gasteiger partial charge in [0.1, 0.15) is 5.82 Å². The molecule has 0 atom stereocenters. The molecule has 0 saturated carbocycles. The normalized spacial score (nSPS) is 11.3. The van der Waals surface area contributed by atoms with Gasteiger partial charge in [0.2, 0.25) is 0 Å². The molecule has 19 heavy (non-hydrogen) atoms. The molecule has 0 bridgehead atoms. The zero-order valence-electron chi connectivity index (χ0n) is 11.8. The first kappa shape index (κ1) is 14.3. The summed E-state index contributed by atoms with van der Waals surface area (Å²) in [7, 11) is 0. The molecule has 3 nitrogen and oxygen atoms in total. The number of nitrogens with one attached hydrogen (secondary N) is 2. The van der Waals surface area contributed by atoms with Gasteiger partial charge in [-0.25, -0.2) is 4.98 Å². The topological polar surface area (TPSA) is 40.7 Å². The van der Waals surface area contributed by atoms with Crippen LogP contribution in [0.3, 0.4) is 0 Å². The van der Waals surface area contributed by atoms with Crippen molar-refractivity contribution in [2.45, 2.75) is 40.3 Å². The molecule has 1 aromatic heterocycles. The molecule has 0 amide bonds. The standard InChI is InChI=1S/C15H20BrN3/c1-9(2)17-7-13-8-18-15(19-13)12-5-10(3)14(16)11(4)6-12/h5-6,8-9,17H,7H2,1-4H3,(H,18,19). The first-order chi connectivity index (χ1) is 8.97. The summed E-state index contributed by atoms with van der Waals surface area (Å²) in [5, 5.41) is 3.38. The number of rotatable bonds is 4. The second-order valence-electron chi connectivity index (χ2n) is 5.22.